The van der Waals surface area contributed by atoms with Gasteiger partial charge in [0.15, 0.2) is 0 Å². The van der Waals surface area contributed by atoms with E-state index in [1.807, 2.05) is 19.1 Å². The summed E-state index contributed by atoms with van der Waals surface area (Å²) in [5, 5.41) is 7.59. The van der Waals surface area contributed by atoms with E-state index in [0.717, 1.165) is 49.2 Å². The van der Waals surface area contributed by atoms with E-state index in [-0.39, 0.29) is 6.10 Å². The molecule has 2 aliphatic rings. The number of piperidine rings is 1. The number of hydrogen-bond donors (Lipinski definition) is 2. The first kappa shape index (κ1) is 21.1. The molecular formula is C25H31ClN2O2. The van der Waals surface area contributed by atoms with Crippen LogP contribution in [0.1, 0.15) is 54.5 Å². The minimum absolute atomic E-state index is 0.0391. The van der Waals surface area contributed by atoms with Crippen LogP contribution >= 0.6 is 11.6 Å². The zero-order chi connectivity index (χ0) is 21.1. The highest BCUT2D eigenvalue weighted by molar-refractivity contribution is 6.32. The van der Waals surface area contributed by atoms with Gasteiger partial charge in [-0.25, -0.2) is 0 Å². The molecule has 4 nitrogen and oxygen atoms in total. The normalized spacial score (nSPS) is 20.6. The summed E-state index contributed by atoms with van der Waals surface area (Å²) in [6, 6.07) is 10.8. The average molecular weight is 427 g/mol. The molecule has 0 unspecified atom stereocenters. The van der Waals surface area contributed by atoms with Crippen LogP contribution in [0, 0.1) is 6.92 Å². The summed E-state index contributed by atoms with van der Waals surface area (Å²) in [4.78, 5) is 0. The van der Waals surface area contributed by atoms with Crippen LogP contribution in [0.4, 0.5) is 0 Å². The van der Waals surface area contributed by atoms with Crippen LogP contribution in [0.2, 0.25) is 5.02 Å². The van der Waals surface area contributed by atoms with Crippen LogP contribution in [0.15, 0.2) is 42.6 Å². The van der Waals surface area contributed by atoms with Crippen molar-refractivity contribution in [3.8, 4) is 11.5 Å². The first-order valence-corrected chi connectivity index (χ1v) is 11.3. The highest BCUT2D eigenvalue weighted by atomic mass is 35.5. The van der Waals surface area contributed by atoms with Crippen LogP contribution in [-0.4, -0.2) is 19.2 Å². The van der Waals surface area contributed by atoms with Crippen molar-refractivity contribution in [2.75, 3.05) is 13.2 Å². The Morgan fingerprint density at radius 1 is 1.20 bits per heavy atom. The van der Waals surface area contributed by atoms with Gasteiger partial charge in [0.25, 0.3) is 0 Å². The molecule has 0 saturated carbocycles. The first-order valence-electron chi connectivity index (χ1n) is 10.9. The summed E-state index contributed by atoms with van der Waals surface area (Å²) in [6.45, 7) is 10.4. The number of aryl methyl sites for hydroxylation is 1. The van der Waals surface area contributed by atoms with Crippen LogP contribution in [0.25, 0.3) is 0 Å². The molecule has 1 heterocycles. The number of fused-ring (bicyclic) bond motifs is 1. The first-order chi connectivity index (χ1) is 14.5. The quantitative estimate of drug-likeness (QED) is 0.616. The molecule has 5 heteroatoms. The fraction of sp³-hybridized carbons (Fsp3) is 0.440. The average Bonchev–Trinajstić information content (AvgIpc) is 3.15. The lowest BCUT2D eigenvalue weighted by Gasteiger charge is -2.26. The Morgan fingerprint density at radius 2 is 2.07 bits per heavy atom. The summed E-state index contributed by atoms with van der Waals surface area (Å²) in [5.74, 6) is 1.53. The van der Waals surface area contributed by atoms with Gasteiger partial charge in [-0.3, -0.25) is 0 Å². The maximum absolute atomic E-state index is 6.65. The number of benzene rings is 2. The lowest BCUT2D eigenvalue weighted by molar-refractivity contribution is 0.206. The topological polar surface area (TPSA) is 42.5 Å². The van der Waals surface area contributed by atoms with Gasteiger partial charge in [-0.15, -0.1) is 0 Å². The molecule has 1 saturated heterocycles. The second-order valence-corrected chi connectivity index (χ2v) is 8.62. The predicted octanol–water partition coefficient (Wildman–Crippen LogP) is 5.47. The monoisotopic (exact) mass is 426 g/mol. The third kappa shape index (κ3) is 4.60. The van der Waals surface area contributed by atoms with Gasteiger partial charge in [0.1, 0.15) is 17.6 Å². The van der Waals surface area contributed by atoms with E-state index in [1.165, 1.54) is 16.7 Å². The molecule has 0 bridgehead atoms. The zero-order valence-electron chi connectivity index (χ0n) is 17.9. The number of halogens is 1. The molecule has 1 fully saturated rings. The van der Waals surface area contributed by atoms with Gasteiger partial charge in [-0.1, -0.05) is 36.4 Å². The number of allylic oxidation sites excluding steroid dienone is 1. The standard InChI is InChI=1S/C25H31ClN2O2/c1-4-29-24-13-25(30-23-11-10-20-16(2)6-5-7-21(20)23)22(26)12-18(24)14-28-19-9-8-17(3)27-15-19/h5-7,12-13,19,23,27-28H,3-4,8-11,14-15H2,1-2H3/t19-,23-/m0/s1. The Balaban J connectivity index is 1.49. The van der Waals surface area contributed by atoms with Crippen molar-refractivity contribution in [3.05, 3.63) is 69.9 Å². The molecule has 1 aliphatic heterocycles. The van der Waals surface area contributed by atoms with E-state index in [9.17, 15) is 0 Å². The summed E-state index contributed by atoms with van der Waals surface area (Å²) < 4.78 is 12.3. The van der Waals surface area contributed by atoms with Gasteiger partial charge < -0.3 is 20.1 Å². The van der Waals surface area contributed by atoms with Crippen molar-refractivity contribution in [1.82, 2.24) is 10.6 Å². The van der Waals surface area contributed by atoms with Gasteiger partial charge in [-0.2, -0.15) is 0 Å². The van der Waals surface area contributed by atoms with E-state index in [1.54, 1.807) is 0 Å². The fourth-order valence-corrected chi connectivity index (χ4v) is 4.63. The summed E-state index contributed by atoms with van der Waals surface area (Å²) in [5.41, 5.74) is 6.20. The molecule has 4 rings (SSSR count). The van der Waals surface area contributed by atoms with Crippen LogP contribution in [-0.2, 0) is 13.0 Å². The maximum Gasteiger partial charge on any atom is 0.142 e. The lowest BCUT2D eigenvalue weighted by atomic mass is 10.0. The van der Waals surface area contributed by atoms with Crippen LogP contribution in [0.5, 0.6) is 11.5 Å². The van der Waals surface area contributed by atoms with Gasteiger partial charge in [0.2, 0.25) is 0 Å². The number of hydrogen-bond acceptors (Lipinski definition) is 4. The molecule has 0 aromatic heterocycles. The fourth-order valence-electron chi connectivity index (χ4n) is 4.40. The molecule has 2 atom stereocenters. The highest BCUT2D eigenvalue weighted by Crippen LogP contribution is 2.40. The van der Waals surface area contributed by atoms with E-state index in [4.69, 9.17) is 21.1 Å². The van der Waals surface area contributed by atoms with E-state index in [2.05, 4.69) is 42.3 Å². The Bertz CT molecular complexity index is 918. The smallest absolute Gasteiger partial charge is 0.142 e. The van der Waals surface area contributed by atoms with E-state index >= 15 is 0 Å². The molecule has 0 amide bonds. The number of nitrogens with one attached hydrogen (secondary N) is 2. The molecule has 2 N–H and O–H groups in total. The molecule has 0 radical (unpaired) electrons. The SMILES string of the molecule is C=C1CC[C@H](NCc2cc(Cl)c(O[C@H]3CCc4c(C)cccc43)cc2OCC)CN1. The molecule has 1 aliphatic carbocycles. The Morgan fingerprint density at radius 3 is 2.83 bits per heavy atom. The van der Waals surface area contributed by atoms with Crippen LogP contribution < -0.4 is 20.1 Å². The molecule has 2 aromatic carbocycles. The lowest BCUT2D eigenvalue weighted by Crippen LogP contribution is -2.41. The van der Waals surface area contributed by atoms with Crippen molar-refractivity contribution in [1.29, 1.82) is 0 Å². The summed E-state index contributed by atoms with van der Waals surface area (Å²) in [7, 11) is 0. The second kappa shape index (κ2) is 9.32. The summed E-state index contributed by atoms with van der Waals surface area (Å²) >= 11 is 6.65. The highest BCUT2D eigenvalue weighted by Gasteiger charge is 2.26. The van der Waals surface area contributed by atoms with Crippen molar-refractivity contribution >= 4 is 11.6 Å². The molecular weight excluding hydrogens is 396 g/mol. The maximum atomic E-state index is 6.65. The molecule has 0 spiro atoms. The molecule has 30 heavy (non-hydrogen) atoms. The zero-order valence-corrected chi connectivity index (χ0v) is 18.6. The van der Waals surface area contributed by atoms with Crippen molar-refractivity contribution in [3.63, 3.8) is 0 Å². The van der Waals surface area contributed by atoms with E-state index in [0.29, 0.717) is 30.0 Å². The largest absolute Gasteiger partial charge is 0.493 e. The minimum Gasteiger partial charge on any atom is -0.493 e. The number of rotatable bonds is 7. The third-order valence-corrected chi connectivity index (χ3v) is 6.40. The molecule has 160 valence electrons. The van der Waals surface area contributed by atoms with E-state index < -0.39 is 0 Å². The van der Waals surface area contributed by atoms with Gasteiger partial charge in [-0.05, 0) is 62.3 Å². The van der Waals surface area contributed by atoms with Gasteiger partial charge in [0, 0.05) is 36.5 Å². The Kier molecular flexibility index (Phi) is 6.55. The Hall–Kier alpha value is -2.17. The predicted molar refractivity (Wildman–Crippen MR) is 122 cm³/mol. The van der Waals surface area contributed by atoms with Gasteiger partial charge >= 0.3 is 0 Å². The van der Waals surface area contributed by atoms with Crippen molar-refractivity contribution in [2.24, 2.45) is 0 Å². The third-order valence-electron chi connectivity index (χ3n) is 6.11. The number of ether oxygens (including phenoxy) is 2. The minimum atomic E-state index is 0.0391. The van der Waals surface area contributed by atoms with Crippen molar-refractivity contribution < 1.29 is 9.47 Å². The Labute approximate surface area is 184 Å². The second-order valence-electron chi connectivity index (χ2n) is 8.21. The summed E-state index contributed by atoms with van der Waals surface area (Å²) in [6.07, 6.45) is 4.16. The van der Waals surface area contributed by atoms with Crippen LogP contribution in [0.3, 0.4) is 0 Å². The van der Waals surface area contributed by atoms with Gasteiger partial charge in [0.05, 0.1) is 11.6 Å². The van der Waals surface area contributed by atoms with Crippen molar-refractivity contribution in [2.45, 2.75) is 58.2 Å². The molecule has 2 aromatic rings.